The van der Waals surface area contributed by atoms with Crippen molar-refractivity contribution in [2.24, 2.45) is 5.16 Å². The molecule has 1 saturated heterocycles. The maximum absolute atomic E-state index is 12.7. The van der Waals surface area contributed by atoms with Crippen molar-refractivity contribution >= 4 is 57.7 Å². The van der Waals surface area contributed by atoms with Gasteiger partial charge in [0.25, 0.3) is 11.8 Å². The number of ether oxygens (including phenoxy) is 1. The largest absolute Gasteiger partial charge is 1.00 e. The van der Waals surface area contributed by atoms with Gasteiger partial charge in [0.15, 0.2) is 10.8 Å². The van der Waals surface area contributed by atoms with Crippen molar-refractivity contribution in [2.45, 2.75) is 18.3 Å². The fraction of sp³-hybridized carbons (Fsp3) is 0.375. The molecule has 0 saturated carbocycles. The Hall–Kier alpha value is -2.13. The number of amides is 2. The van der Waals surface area contributed by atoms with E-state index in [0.717, 1.165) is 16.2 Å². The number of rotatable bonds is 7. The number of nitrogens with one attached hydrogen (secondary N) is 1. The quantitative estimate of drug-likeness (QED) is 0.117. The zero-order valence-corrected chi connectivity index (χ0v) is 20.4. The summed E-state index contributed by atoms with van der Waals surface area (Å²) in [4.78, 5) is 57.8. The number of thioether (sulfide) groups is 1. The van der Waals surface area contributed by atoms with Gasteiger partial charge in [0.05, 0.1) is 0 Å². The summed E-state index contributed by atoms with van der Waals surface area (Å²) in [6.07, 6.45) is 0. The summed E-state index contributed by atoms with van der Waals surface area (Å²) in [5, 5.41) is 16.9. The molecule has 0 aliphatic carbocycles. The van der Waals surface area contributed by atoms with E-state index < -0.39 is 35.2 Å². The number of carbonyl (C=O) groups is 4. The molecule has 4 N–H and O–H groups in total. The summed E-state index contributed by atoms with van der Waals surface area (Å²) < 4.78 is 4.88. The van der Waals surface area contributed by atoms with E-state index in [0.29, 0.717) is 5.57 Å². The topological polar surface area (TPSA) is 174 Å². The minimum absolute atomic E-state index is 0. The zero-order valence-electron chi connectivity index (χ0n) is 16.8. The molecule has 2 atom stereocenters. The van der Waals surface area contributed by atoms with Crippen LogP contribution in [0.4, 0.5) is 5.13 Å². The molecule has 1 aromatic rings. The van der Waals surface area contributed by atoms with E-state index >= 15 is 0 Å². The summed E-state index contributed by atoms with van der Waals surface area (Å²) in [7, 11) is 1.25. The SMILES string of the molecule is CON=C(C(=O)N[C@@H]1C(=O)N2C(C(=O)O)=C(COC(C)=O)CS[C@H]12)c1csc(N)n1.[Na+]. The molecule has 0 radical (unpaired) electrons. The average molecular weight is 478 g/mol. The Morgan fingerprint density at radius 3 is 2.71 bits per heavy atom. The van der Waals surface area contributed by atoms with E-state index in [1.807, 2.05) is 0 Å². The fourth-order valence-electron chi connectivity index (χ4n) is 2.88. The molecule has 0 bridgehead atoms. The van der Waals surface area contributed by atoms with Gasteiger partial charge in [-0.2, -0.15) is 0 Å². The van der Waals surface area contributed by atoms with Crippen LogP contribution in [0.2, 0.25) is 0 Å². The number of nitrogen functional groups attached to an aromatic ring is 1. The monoisotopic (exact) mass is 478 g/mol. The third-order valence-corrected chi connectivity index (χ3v) is 6.16. The summed E-state index contributed by atoms with van der Waals surface area (Å²) in [5.74, 6) is -2.98. The number of aromatic nitrogens is 1. The van der Waals surface area contributed by atoms with Crippen LogP contribution < -0.4 is 40.6 Å². The predicted octanol–water partition coefficient (Wildman–Crippen LogP) is -3.62. The van der Waals surface area contributed by atoms with E-state index in [2.05, 4.69) is 20.3 Å². The molecule has 1 fully saturated rings. The van der Waals surface area contributed by atoms with Crippen LogP contribution in [0.1, 0.15) is 12.6 Å². The number of hydrogen-bond acceptors (Lipinski definition) is 11. The molecule has 31 heavy (non-hydrogen) atoms. The van der Waals surface area contributed by atoms with Gasteiger partial charge in [0.2, 0.25) is 0 Å². The molecule has 2 aliphatic heterocycles. The minimum atomic E-state index is -1.32. The minimum Gasteiger partial charge on any atom is -0.477 e. The normalized spacial score (nSPS) is 20.3. The number of esters is 1. The van der Waals surface area contributed by atoms with Crippen molar-refractivity contribution in [3.63, 3.8) is 0 Å². The van der Waals surface area contributed by atoms with Crippen molar-refractivity contribution in [3.8, 4) is 0 Å². The Bertz CT molecular complexity index is 979. The summed E-state index contributed by atoms with van der Waals surface area (Å²) >= 11 is 2.35. The van der Waals surface area contributed by atoms with Crippen molar-refractivity contribution in [1.29, 1.82) is 0 Å². The van der Waals surface area contributed by atoms with Crippen molar-refractivity contribution in [2.75, 3.05) is 25.2 Å². The molecule has 0 aromatic carbocycles. The first kappa shape index (κ1) is 25.1. The number of oxime groups is 1. The summed E-state index contributed by atoms with van der Waals surface area (Å²) in [6.45, 7) is 0.975. The molecular formula is C16H17N5NaO7S2+. The number of carboxylic acids is 1. The van der Waals surface area contributed by atoms with Gasteiger partial charge in [-0.05, 0) is 0 Å². The molecule has 0 unspecified atom stereocenters. The third kappa shape index (κ3) is 5.20. The number of anilines is 1. The Morgan fingerprint density at radius 2 is 2.16 bits per heavy atom. The van der Waals surface area contributed by atoms with Crippen molar-refractivity contribution in [3.05, 3.63) is 22.3 Å². The van der Waals surface area contributed by atoms with E-state index in [4.69, 9.17) is 10.5 Å². The second-order valence-electron chi connectivity index (χ2n) is 6.09. The van der Waals surface area contributed by atoms with E-state index in [1.54, 1.807) is 0 Å². The molecule has 15 heteroatoms. The summed E-state index contributed by atoms with van der Waals surface area (Å²) in [5.41, 5.74) is 5.67. The van der Waals surface area contributed by atoms with Gasteiger partial charge in [-0.3, -0.25) is 19.3 Å². The van der Waals surface area contributed by atoms with Crippen molar-refractivity contribution in [1.82, 2.24) is 15.2 Å². The van der Waals surface area contributed by atoms with Gasteiger partial charge in [0.1, 0.15) is 36.5 Å². The number of nitrogens with two attached hydrogens (primary N) is 1. The van der Waals surface area contributed by atoms with Gasteiger partial charge in [0, 0.05) is 23.6 Å². The molecule has 160 valence electrons. The Morgan fingerprint density at radius 1 is 1.45 bits per heavy atom. The second kappa shape index (κ2) is 10.5. The standard InChI is InChI=1S/C16H17N5O7S2.Na/c1-6(22)28-3-7-4-29-14-10(13(24)21(14)11(7)15(25)26)19-12(23)9(20-27-2)8-5-30-16(17)18-8;/h5,10,14H,3-4H2,1-2H3,(H2,17,18)(H,19,23)(H,25,26);/q;+1/t10-,14-;/m1./s1. The molecule has 12 nitrogen and oxygen atoms in total. The Labute approximate surface area is 206 Å². The summed E-state index contributed by atoms with van der Waals surface area (Å²) in [6, 6.07) is -0.967. The Kier molecular flexibility index (Phi) is 8.48. The molecule has 3 rings (SSSR count). The van der Waals surface area contributed by atoms with E-state index in [9.17, 15) is 24.3 Å². The Balaban J connectivity index is 0.00000341. The van der Waals surface area contributed by atoms with Gasteiger partial charge < -0.3 is 25.7 Å². The predicted molar refractivity (Wildman–Crippen MR) is 106 cm³/mol. The van der Waals surface area contributed by atoms with Gasteiger partial charge in [-0.15, -0.1) is 23.1 Å². The van der Waals surface area contributed by atoms with Crippen LogP contribution in [0.15, 0.2) is 21.8 Å². The van der Waals surface area contributed by atoms with Crippen LogP contribution in [0.3, 0.4) is 0 Å². The number of thiazole rings is 1. The van der Waals surface area contributed by atoms with Gasteiger partial charge in [-0.25, -0.2) is 9.78 Å². The molecule has 0 spiro atoms. The van der Waals surface area contributed by atoms with Gasteiger partial charge in [-0.1, -0.05) is 5.16 Å². The molecule has 2 amide bonds. The third-order valence-electron chi connectivity index (χ3n) is 4.15. The number of β-lactam (4-membered cyclic amide) rings is 1. The molecule has 1 aromatic heterocycles. The number of nitrogens with zero attached hydrogens (tertiary/aromatic N) is 3. The van der Waals surface area contributed by atoms with Crippen LogP contribution >= 0.6 is 23.1 Å². The van der Waals surface area contributed by atoms with Crippen molar-refractivity contribution < 1.29 is 63.4 Å². The maximum Gasteiger partial charge on any atom is 1.00 e. The average Bonchev–Trinajstić information content (AvgIpc) is 3.13. The molecule has 3 heterocycles. The van der Waals surface area contributed by atoms with Crippen LogP contribution in [-0.4, -0.2) is 75.3 Å². The van der Waals surface area contributed by atoms with E-state index in [1.165, 1.54) is 31.2 Å². The first-order valence-corrected chi connectivity index (χ1v) is 10.3. The zero-order chi connectivity index (χ0) is 22.0. The smallest absolute Gasteiger partial charge is 0.477 e. The number of carboxylic acid groups (broad SMARTS) is 1. The van der Waals surface area contributed by atoms with Crippen LogP contribution in [0, 0.1) is 0 Å². The fourth-order valence-corrected chi connectivity index (χ4v) is 4.76. The maximum atomic E-state index is 12.7. The van der Waals surface area contributed by atoms with E-state index in [-0.39, 0.29) is 64.2 Å². The number of aliphatic carboxylic acids is 1. The molecular weight excluding hydrogens is 461 g/mol. The second-order valence-corrected chi connectivity index (χ2v) is 8.09. The first-order valence-electron chi connectivity index (χ1n) is 8.41. The van der Waals surface area contributed by atoms with Crippen LogP contribution in [0.5, 0.6) is 0 Å². The van der Waals surface area contributed by atoms with Crippen LogP contribution in [-0.2, 0) is 28.8 Å². The van der Waals surface area contributed by atoms with Crippen LogP contribution in [0.25, 0.3) is 0 Å². The number of carbonyl (C=O) groups excluding carboxylic acids is 3. The number of fused-ring (bicyclic) bond motifs is 1. The first-order chi connectivity index (χ1) is 14.2. The molecule has 2 aliphatic rings. The number of hydrogen-bond donors (Lipinski definition) is 3. The van der Waals surface area contributed by atoms with Gasteiger partial charge >= 0.3 is 41.5 Å².